The van der Waals surface area contributed by atoms with Crippen LogP contribution in [0.15, 0.2) is 41.3 Å². The number of benzene rings is 1. The summed E-state index contributed by atoms with van der Waals surface area (Å²) in [6.45, 7) is 5.78. The van der Waals surface area contributed by atoms with Gasteiger partial charge < -0.3 is 4.74 Å². The first-order valence-corrected chi connectivity index (χ1v) is 10.2. The molecule has 0 saturated heterocycles. The van der Waals surface area contributed by atoms with Gasteiger partial charge in [0.2, 0.25) is 0 Å². The van der Waals surface area contributed by atoms with Crippen LogP contribution in [0.2, 0.25) is 0 Å². The molecule has 3 rings (SSSR count). The predicted octanol–water partition coefficient (Wildman–Crippen LogP) is 3.62. The minimum absolute atomic E-state index is 0.270. The molecule has 0 amide bonds. The predicted molar refractivity (Wildman–Crippen MR) is 100 cm³/mol. The van der Waals surface area contributed by atoms with Crippen LogP contribution in [0.4, 0.5) is 0 Å². The van der Waals surface area contributed by atoms with E-state index in [1.807, 2.05) is 13.0 Å². The summed E-state index contributed by atoms with van der Waals surface area (Å²) in [4.78, 5) is 12.1. The molecule has 0 bridgehead atoms. The topological polar surface area (TPSA) is 65.4 Å². The highest BCUT2D eigenvalue weighted by Gasteiger charge is 2.28. The number of aryl methyl sites for hydroxylation is 2. The van der Waals surface area contributed by atoms with Crippen molar-refractivity contribution in [2.24, 2.45) is 0 Å². The van der Waals surface area contributed by atoms with Gasteiger partial charge in [-0.05, 0) is 63.8 Å². The van der Waals surface area contributed by atoms with Crippen molar-refractivity contribution in [1.82, 2.24) is 3.97 Å². The van der Waals surface area contributed by atoms with Crippen LogP contribution in [0.3, 0.4) is 0 Å². The molecular formula is C20H23NO4S. The molecule has 5 nitrogen and oxygen atoms in total. The molecule has 0 radical (unpaired) electrons. The summed E-state index contributed by atoms with van der Waals surface area (Å²) < 4.78 is 32.8. The third-order valence-electron chi connectivity index (χ3n) is 4.57. The molecule has 1 heterocycles. The monoisotopic (exact) mass is 373 g/mol. The number of carbonyl (C=O) groups is 1. The van der Waals surface area contributed by atoms with E-state index in [-0.39, 0.29) is 10.9 Å². The minimum atomic E-state index is -3.67. The number of hydrogen-bond acceptors (Lipinski definition) is 4. The number of fused-ring (bicyclic) bond motifs is 1. The van der Waals surface area contributed by atoms with Gasteiger partial charge in [0.25, 0.3) is 10.0 Å². The van der Waals surface area contributed by atoms with Gasteiger partial charge in [-0.25, -0.2) is 17.2 Å². The molecule has 1 aliphatic carbocycles. The Bertz CT molecular complexity index is 966. The Labute approximate surface area is 154 Å². The molecule has 1 aromatic carbocycles. The molecule has 0 spiro atoms. The van der Waals surface area contributed by atoms with Gasteiger partial charge in [0.05, 0.1) is 11.5 Å². The zero-order valence-corrected chi connectivity index (χ0v) is 16.1. The zero-order chi connectivity index (χ0) is 18.9. The number of ether oxygens (including phenoxy) is 1. The van der Waals surface area contributed by atoms with Gasteiger partial charge >= 0.3 is 5.97 Å². The number of carbonyl (C=O) groups excluding carboxylic acids is 1. The lowest BCUT2D eigenvalue weighted by Crippen LogP contribution is -2.19. The van der Waals surface area contributed by atoms with E-state index in [9.17, 15) is 13.2 Å². The smallest absolute Gasteiger partial charge is 0.331 e. The molecule has 2 aromatic rings. The van der Waals surface area contributed by atoms with E-state index in [1.54, 1.807) is 38.1 Å². The molecule has 0 unspecified atom stereocenters. The van der Waals surface area contributed by atoms with Crippen molar-refractivity contribution in [3.05, 3.63) is 58.9 Å². The van der Waals surface area contributed by atoms with Crippen LogP contribution in [-0.2, 0) is 26.0 Å². The average Bonchev–Trinajstić information content (AvgIpc) is 2.93. The molecule has 0 saturated carbocycles. The lowest BCUT2D eigenvalue weighted by Gasteiger charge is -2.19. The van der Waals surface area contributed by atoms with Gasteiger partial charge in [0, 0.05) is 23.0 Å². The van der Waals surface area contributed by atoms with Crippen LogP contribution in [0.1, 0.15) is 42.3 Å². The molecule has 0 atom stereocenters. The van der Waals surface area contributed by atoms with E-state index in [4.69, 9.17) is 4.74 Å². The Morgan fingerprint density at radius 3 is 2.54 bits per heavy atom. The van der Waals surface area contributed by atoms with Crippen molar-refractivity contribution in [3.8, 4) is 0 Å². The highest BCUT2D eigenvalue weighted by Crippen LogP contribution is 2.35. The van der Waals surface area contributed by atoms with Crippen LogP contribution in [0.5, 0.6) is 0 Å². The van der Waals surface area contributed by atoms with Gasteiger partial charge in [-0.1, -0.05) is 17.7 Å². The van der Waals surface area contributed by atoms with E-state index in [1.165, 1.54) is 10.0 Å². The maximum atomic E-state index is 13.2. The normalized spacial score (nSPS) is 15.7. The number of hydrogen-bond donors (Lipinski definition) is 0. The minimum Gasteiger partial charge on any atom is -0.463 e. The first-order chi connectivity index (χ1) is 12.3. The molecule has 0 aliphatic heterocycles. The van der Waals surface area contributed by atoms with E-state index in [2.05, 4.69) is 0 Å². The molecule has 1 aliphatic rings. The van der Waals surface area contributed by atoms with Crippen molar-refractivity contribution >= 4 is 21.6 Å². The molecular weight excluding hydrogens is 350 g/mol. The largest absolute Gasteiger partial charge is 0.463 e. The molecule has 138 valence electrons. The second-order valence-corrected chi connectivity index (χ2v) is 8.29. The zero-order valence-electron chi connectivity index (χ0n) is 15.3. The number of esters is 1. The Balaban J connectivity index is 2.10. The highest BCUT2D eigenvalue weighted by molar-refractivity contribution is 7.90. The van der Waals surface area contributed by atoms with Gasteiger partial charge in [0.1, 0.15) is 0 Å². The molecule has 6 heteroatoms. The van der Waals surface area contributed by atoms with E-state index in [0.29, 0.717) is 18.7 Å². The first-order valence-electron chi connectivity index (χ1n) is 8.75. The van der Waals surface area contributed by atoms with Gasteiger partial charge in [-0.2, -0.15) is 0 Å². The lowest BCUT2D eigenvalue weighted by molar-refractivity contribution is -0.137. The SMILES string of the molecule is CCOC(=O)C=C1CCCc2c1cc(C)n2S(=O)(=O)c1ccc(C)cc1. The Morgan fingerprint density at radius 1 is 1.19 bits per heavy atom. The second-order valence-electron chi connectivity index (χ2n) is 6.50. The van der Waals surface area contributed by atoms with Crippen LogP contribution in [0, 0.1) is 13.8 Å². The Kier molecular flexibility index (Phi) is 5.05. The van der Waals surface area contributed by atoms with Crippen molar-refractivity contribution in [3.63, 3.8) is 0 Å². The van der Waals surface area contributed by atoms with Crippen molar-refractivity contribution in [1.29, 1.82) is 0 Å². The summed E-state index contributed by atoms with van der Waals surface area (Å²) in [6.07, 6.45) is 3.68. The summed E-state index contributed by atoms with van der Waals surface area (Å²) in [5.41, 5.74) is 4.06. The van der Waals surface area contributed by atoms with E-state index >= 15 is 0 Å². The highest BCUT2D eigenvalue weighted by atomic mass is 32.2. The quantitative estimate of drug-likeness (QED) is 0.606. The summed E-state index contributed by atoms with van der Waals surface area (Å²) >= 11 is 0. The number of aromatic nitrogens is 1. The van der Waals surface area contributed by atoms with Crippen LogP contribution < -0.4 is 0 Å². The van der Waals surface area contributed by atoms with E-state index in [0.717, 1.165) is 35.2 Å². The summed E-state index contributed by atoms with van der Waals surface area (Å²) in [5, 5.41) is 0. The van der Waals surface area contributed by atoms with Crippen LogP contribution >= 0.6 is 0 Å². The molecule has 26 heavy (non-hydrogen) atoms. The number of rotatable bonds is 4. The maximum absolute atomic E-state index is 13.2. The summed E-state index contributed by atoms with van der Waals surface area (Å²) in [5.74, 6) is -0.387. The first kappa shape index (κ1) is 18.5. The van der Waals surface area contributed by atoms with Gasteiger partial charge in [-0.3, -0.25) is 0 Å². The maximum Gasteiger partial charge on any atom is 0.331 e. The lowest BCUT2D eigenvalue weighted by atomic mass is 9.92. The van der Waals surface area contributed by atoms with Crippen LogP contribution in [0.25, 0.3) is 5.57 Å². The molecule has 0 N–H and O–H groups in total. The number of allylic oxidation sites excluding steroid dienone is 1. The van der Waals surface area contributed by atoms with E-state index < -0.39 is 10.0 Å². The summed E-state index contributed by atoms with van der Waals surface area (Å²) in [7, 11) is -3.67. The summed E-state index contributed by atoms with van der Waals surface area (Å²) in [6, 6.07) is 8.71. The third-order valence-corrected chi connectivity index (χ3v) is 6.43. The van der Waals surface area contributed by atoms with Crippen molar-refractivity contribution in [2.45, 2.75) is 44.9 Å². The molecule has 0 fully saturated rings. The average molecular weight is 373 g/mol. The van der Waals surface area contributed by atoms with Crippen molar-refractivity contribution in [2.75, 3.05) is 6.61 Å². The standard InChI is InChI=1S/C20H23NO4S/c1-4-25-20(22)13-16-6-5-7-19-18(16)12-15(3)21(19)26(23,24)17-10-8-14(2)9-11-17/h8-13H,4-7H2,1-3H3. The van der Waals surface area contributed by atoms with Gasteiger partial charge in [-0.15, -0.1) is 0 Å². The fraction of sp³-hybridized carbons (Fsp3) is 0.350. The fourth-order valence-corrected chi connectivity index (χ4v) is 5.00. The fourth-order valence-electron chi connectivity index (χ4n) is 3.39. The van der Waals surface area contributed by atoms with Crippen molar-refractivity contribution < 1.29 is 17.9 Å². The number of nitrogens with zero attached hydrogens (tertiary/aromatic N) is 1. The van der Waals surface area contributed by atoms with Gasteiger partial charge in [0.15, 0.2) is 0 Å². The third kappa shape index (κ3) is 3.33. The second kappa shape index (κ2) is 7.11. The Hall–Kier alpha value is -2.34. The molecule has 1 aromatic heterocycles. The Morgan fingerprint density at radius 2 is 1.88 bits per heavy atom. The van der Waals surface area contributed by atoms with Crippen LogP contribution in [-0.4, -0.2) is 25.0 Å².